The summed E-state index contributed by atoms with van der Waals surface area (Å²) in [5.41, 5.74) is -1.68. The van der Waals surface area contributed by atoms with Crippen molar-refractivity contribution in [2.75, 3.05) is 19.7 Å². The lowest BCUT2D eigenvalue weighted by atomic mass is 9.95. The molecule has 1 fully saturated rings. The highest BCUT2D eigenvalue weighted by Gasteiger charge is 2.45. The standard InChI is InChI=1S/C23H33N3O7/c1-21(2,3)32-19(28)18(27)11-31-16-7-8-17-15(9-16)10-26(24-17)14-23(30)12-25(13-23)20(29)33-22(4,5)6/h7-10,18,27,30H,11-14H2,1-6H3/t18-/m1/s1. The summed E-state index contributed by atoms with van der Waals surface area (Å²) in [5, 5.41) is 25.9. The summed E-state index contributed by atoms with van der Waals surface area (Å²) < 4.78 is 17.6. The van der Waals surface area contributed by atoms with Crippen LogP contribution in [0.5, 0.6) is 5.75 Å². The van der Waals surface area contributed by atoms with Crippen molar-refractivity contribution in [1.29, 1.82) is 0 Å². The van der Waals surface area contributed by atoms with Crippen molar-refractivity contribution in [3.63, 3.8) is 0 Å². The van der Waals surface area contributed by atoms with Crippen molar-refractivity contribution in [2.24, 2.45) is 0 Å². The largest absolute Gasteiger partial charge is 0.490 e. The van der Waals surface area contributed by atoms with E-state index < -0.39 is 35.0 Å². The van der Waals surface area contributed by atoms with Crippen LogP contribution in [0.25, 0.3) is 10.9 Å². The Hall–Kier alpha value is -2.85. The minimum atomic E-state index is -1.40. The second-order valence-electron chi connectivity index (χ2n) is 10.5. The first-order valence-corrected chi connectivity index (χ1v) is 10.8. The van der Waals surface area contributed by atoms with Crippen LogP contribution in [-0.4, -0.2) is 79.6 Å². The van der Waals surface area contributed by atoms with Crippen molar-refractivity contribution < 1.29 is 34.0 Å². The normalized spacial score (nSPS) is 16.8. The van der Waals surface area contributed by atoms with Crippen LogP contribution >= 0.6 is 0 Å². The van der Waals surface area contributed by atoms with Crippen molar-refractivity contribution in [3.05, 3.63) is 24.4 Å². The predicted octanol–water partition coefficient (Wildman–Crippen LogP) is 2.10. The summed E-state index contributed by atoms with van der Waals surface area (Å²) >= 11 is 0. The van der Waals surface area contributed by atoms with Gasteiger partial charge < -0.3 is 29.3 Å². The summed E-state index contributed by atoms with van der Waals surface area (Å²) in [4.78, 5) is 25.4. The number of aliphatic hydroxyl groups is 2. The maximum Gasteiger partial charge on any atom is 0.410 e. The van der Waals surface area contributed by atoms with Crippen LogP contribution in [0, 0.1) is 0 Å². The van der Waals surface area contributed by atoms with E-state index in [1.54, 1.807) is 70.6 Å². The van der Waals surface area contributed by atoms with Crippen molar-refractivity contribution in [1.82, 2.24) is 14.7 Å². The lowest BCUT2D eigenvalue weighted by molar-refractivity contribution is -0.166. The summed E-state index contributed by atoms with van der Waals surface area (Å²) in [6.45, 7) is 10.8. The lowest BCUT2D eigenvalue weighted by Gasteiger charge is -2.46. The Morgan fingerprint density at radius 3 is 2.36 bits per heavy atom. The molecular weight excluding hydrogens is 430 g/mol. The summed E-state index contributed by atoms with van der Waals surface area (Å²) in [7, 11) is 0. The van der Waals surface area contributed by atoms with E-state index in [4.69, 9.17) is 14.2 Å². The molecular formula is C23H33N3O7. The number of amides is 1. The van der Waals surface area contributed by atoms with Crippen LogP contribution in [0.3, 0.4) is 0 Å². The van der Waals surface area contributed by atoms with Gasteiger partial charge in [0.2, 0.25) is 0 Å². The number of rotatable bonds is 6. The molecule has 0 radical (unpaired) electrons. The smallest absolute Gasteiger partial charge is 0.410 e. The molecule has 2 heterocycles. The molecule has 10 nitrogen and oxygen atoms in total. The molecule has 1 atom stereocenters. The summed E-state index contributed by atoms with van der Waals surface area (Å²) in [5.74, 6) is -0.284. The summed E-state index contributed by atoms with van der Waals surface area (Å²) in [6, 6.07) is 5.17. The van der Waals surface area contributed by atoms with E-state index in [0.29, 0.717) is 11.3 Å². The highest BCUT2D eigenvalue weighted by Crippen LogP contribution is 2.27. The van der Waals surface area contributed by atoms with Gasteiger partial charge in [0, 0.05) is 11.6 Å². The minimum absolute atomic E-state index is 0.162. The zero-order valence-corrected chi connectivity index (χ0v) is 20.0. The molecule has 1 aromatic heterocycles. The van der Waals surface area contributed by atoms with E-state index >= 15 is 0 Å². The molecule has 3 rings (SSSR count). The second kappa shape index (κ2) is 8.83. The Labute approximate surface area is 193 Å². The maximum absolute atomic E-state index is 12.1. The maximum atomic E-state index is 12.1. The van der Waals surface area contributed by atoms with E-state index in [1.807, 2.05) is 0 Å². The van der Waals surface area contributed by atoms with Gasteiger partial charge in [-0.25, -0.2) is 9.59 Å². The number of ether oxygens (including phenoxy) is 3. The lowest BCUT2D eigenvalue weighted by Crippen LogP contribution is -2.65. The monoisotopic (exact) mass is 463 g/mol. The van der Waals surface area contributed by atoms with Gasteiger partial charge in [-0.15, -0.1) is 0 Å². The number of carbonyl (C=O) groups excluding carboxylic acids is 2. The Kier molecular flexibility index (Phi) is 6.63. The van der Waals surface area contributed by atoms with Gasteiger partial charge in [-0.1, -0.05) is 0 Å². The molecule has 1 aromatic carbocycles. The molecule has 0 aliphatic carbocycles. The van der Waals surface area contributed by atoms with Gasteiger partial charge in [0.15, 0.2) is 6.10 Å². The van der Waals surface area contributed by atoms with Crippen molar-refractivity contribution in [3.8, 4) is 5.75 Å². The quantitative estimate of drug-likeness (QED) is 0.625. The molecule has 1 saturated heterocycles. The average Bonchev–Trinajstić information content (AvgIpc) is 3.02. The van der Waals surface area contributed by atoms with Gasteiger partial charge in [-0.2, -0.15) is 5.10 Å². The number of fused-ring (bicyclic) bond motifs is 1. The number of hydrogen-bond donors (Lipinski definition) is 2. The zero-order valence-electron chi connectivity index (χ0n) is 20.0. The molecule has 0 bridgehead atoms. The van der Waals surface area contributed by atoms with Gasteiger partial charge in [0.05, 0.1) is 25.2 Å². The second-order valence-corrected chi connectivity index (χ2v) is 10.5. The number of hydrogen-bond acceptors (Lipinski definition) is 8. The molecule has 1 amide bonds. The molecule has 0 spiro atoms. The van der Waals surface area contributed by atoms with E-state index in [-0.39, 0.29) is 26.2 Å². The molecule has 0 unspecified atom stereocenters. The molecule has 182 valence electrons. The van der Waals surface area contributed by atoms with Gasteiger partial charge in [-0.3, -0.25) is 4.68 Å². The zero-order chi connectivity index (χ0) is 24.6. The molecule has 33 heavy (non-hydrogen) atoms. The van der Waals surface area contributed by atoms with Crippen molar-refractivity contribution >= 4 is 23.0 Å². The number of aromatic nitrogens is 2. The fraction of sp³-hybridized carbons (Fsp3) is 0.609. The fourth-order valence-electron chi connectivity index (χ4n) is 3.36. The van der Waals surface area contributed by atoms with Gasteiger partial charge in [0.1, 0.15) is 29.2 Å². The summed E-state index contributed by atoms with van der Waals surface area (Å²) in [6.07, 6.45) is -0.0859. The first-order chi connectivity index (χ1) is 15.1. The number of likely N-dealkylation sites (tertiary alicyclic amines) is 1. The third-order valence-corrected chi connectivity index (χ3v) is 4.69. The Balaban J connectivity index is 1.56. The number of aliphatic hydroxyl groups excluding tert-OH is 1. The topological polar surface area (TPSA) is 123 Å². The highest BCUT2D eigenvalue weighted by atomic mass is 16.6. The van der Waals surface area contributed by atoms with Gasteiger partial charge in [0.25, 0.3) is 0 Å². The average molecular weight is 464 g/mol. The Morgan fingerprint density at radius 1 is 1.12 bits per heavy atom. The van der Waals surface area contributed by atoms with Crippen LogP contribution in [0.15, 0.2) is 24.4 Å². The van der Waals surface area contributed by atoms with Crippen molar-refractivity contribution in [2.45, 2.75) is 71.0 Å². The third kappa shape index (κ3) is 6.82. The fourth-order valence-corrected chi connectivity index (χ4v) is 3.36. The molecule has 1 aliphatic rings. The van der Waals surface area contributed by atoms with E-state index in [9.17, 15) is 19.8 Å². The first-order valence-electron chi connectivity index (χ1n) is 10.8. The Bertz CT molecular complexity index is 1010. The number of benzene rings is 1. The molecule has 0 saturated carbocycles. The first kappa shape index (κ1) is 24.8. The highest BCUT2D eigenvalue weighted by molar-refractivity contribution is 5.79. The van der Waals surface area contributed by atoms with Crippen LogP contribution in [0.1, 0.15) is 41.5 Å². The SMILES string of the molecule is CC(C)(C)OC(=O)[C@H](O)COc1ccc2nn(CC3(O)CN(C(=O)OC(C)(C)C)C3)cc2c1. The minimum Gasteiger partial charge on any atom is -0.490 e. The number of β-amino-alcohol motifs (C(OH)–C–C–N with tert-alkyl or cyclic N) is 1. The third-order valence-electron chi connectivity index (χ3n) is 4.69. The van der Waals surface area contributed by atoms with Crippen LogP contribution in [0.2, 0.25) is 0 Å². The molecule has 2 aromatic rings. The predicted molar refractivity (Wildman–Crippen MR) is 120 cm³/mol. The van der Waals surface area contributed by atoms with Crippen LogP contribution < -0.4 is 4.74 Å². The Morgan fingerprint density at radius 2 is 1.76 bits per heavy atom. The van der Waals surface area contributed by atoms with E-state index in [2.05, 4.69) is 5.10 Å². The van der Waals surface area contributed by atoms with Crippen LogP contribution in [0.4, 0.5) is 4.79 Å². The van der Waals surface area contributed by atoms with Gasteiger partial charge in [-0.05, 0) is 59.7 Å². The van der Waals surface area contributed by atoms with E-state index in [1.165, 1.54) is 4.90 Å². The molecule has 1 aliphatic heterocycles. The number of carbonyl (C=O) groups is 2. The van der Waals surface area contributed by atoms with Crippen LogP contribution in [-0.2, 0) is 20.8 Å². The van der Waals surface area contributed by atoms with Gasteiger partial charge >= 0.3 is 12.1 Å². The number of esters is 1. The van der Waals surface area contributed by atoms with E-state index in [0.717, 1.165) is 5.39 Å². The number of nitrogens with zero attached hydrogens (tertiary/aromatic N) is 3. The molecule has 10 heteroatoms. The molecule has 2 N–H and O–H groups in total.